The van der Waals surface area contributed by atoms with Gasteiger partial charge >= 0.3 is 0 Å². The van der Waals surface area contributed by atoms with Gasteiger partial charge < -0.3 is 0 Å². The molecular formula is C33H25N3O. The molecule has 1 aromatic heterocycles. The standard InChI is InChI=1S/C33H25N3O/c1-23-31(33(37)36(35-23)28-15-6-3-7-16-28)32(34-30-18-10-14-26-13-8-9-17-29(26)30)27-21-19-25(20-22-27)24-11-4-2-5-12-24/h2-22,35H,1H3. The third-order valence-electron chi connectivity index (χ3n) is 6.59. The highest BCUT2D eigenvalue weighted by atomic mass is 16.1. The van der Waals surface area contributed by atoms with Crippen LogP contribution in [0.3, 0.4) is 0 Å². The second kappa shape index (κ2) is 9.59. The molecule has 0 saturated carbocycles. The highest BCUT2D eigenvalue weighted by molar-refractivity contribution is 6.15. The molecule has 0 radical (unpaired) electrons. The number of benzene rings is 5. The molecule has 6 rings (SSSR count). The molecule has 37 heavy (non-hydrogen) atoms. The van der Waals surface area contributed by atoms with E-state index in [1.807, 2.05) is 91.9 Å². The number of hydrogen-bond donors (Lipinski definition) is 1. The third-order valence-corrected chi connectivity index (χ3v) is 6.59. The summed E-state index contributed by atoms with van der Waals surface area (Å²) in [5.41, 5.74) is 6.58. The first-order chi connectivity index (χ1) is 18.2. The fourth-order valence-corrected chi connectivity index (χ4v) is 4.73. The molecule has 0 aliphatic heterocycles. The monoisotopic (exact) mass is 479 g/mol. The maximum Gasteiger partial charge on any atom is 0.280 e. The van der Waals surface area contributed by atoms with Gasteiger partial charge in [-0.2, -0.15) is 0 Å². The summed E-state index contributed by atoms with van der Waals surface area (Å²) < 4.78 is 1.58. The van der Waals surface area contributed by atoms with Crippen LogP contribution in [0.5, 0.6) is 0 Å². The van der Waals surface area contributed by atoms with Crippen molar-refractivity contribution in [2.24, 2.45) is 4.99 Å². The van der Waals surface area contributed by atoms with Crippen molar-refractivity contribution in [2.75, 3.05) is 0 Å². The summed E-state index contributed by atoms with van der Waals surface area (Å²) in [6.45, 7) is 1.92. The Kier molecular flexibility index (Phi) is 5.83. The van der Waals surface area contributed by atoms with Gasteiger partial charge in [0, 0.05) is 16.6 Å². The van der Waals surface area contributed by atoms with Crippen molar-refractivity contribution in [3.63, 3.8) is 0 Å². The zero-order chi connectivity index (χ0) is 25.2. The Morgan fingerprint density at radius 3 is 2.05 bits per heavy atom. The summed E-state index contributed by atoms with van der Waals surface area (Å²) in [7, 11) is 0. The Morgan fingerprint density at radius 2 is 1.30 bits per heavy atom. The molecule has 0 aliphatic rings. The van der Waals surface area contributed by atoms with E-state index in [1.54, 1.807) is 4.68 Å². The van der Waals surface area contributed by atoms with Crippen LogP contribution >= 0.6 is 0 Å². The van der Waals surface area contributed by atoms with Gasteiger partial charge in [0.2, 0.25) is 0 Å². The van der Waals surface area contributed by atoms with E-state index in [2.05, 4.69) is 47.6 Å². The van der Waals surface area contributed by atoms with Gasteiger partial charge in [0.15, 0.2) is 0 Å². The smallest absolute Gasteiger partial charge is 0.280 e. The number of aromatic nitrogens is 2. The van der Waals surface area contributed by atoms with Gasteiger partial charge in [-0.15, -0.1) is 0 Å². The lowest BCUT2D eigenvalue weighted by Crippen LogP contribution is -2.21. The summed E-state index contributed by atoms with van der Waals surface area (Å²) in [4.78, 5) is 18.9. The summed E-state index contributed by atoms with van der Waals surface area (Å²) in [6.07, 6.45) is 0. The van der Waals surface area contributed by atoms with Crippen molar-refractivity contribution in [1.29, 1.82) is 0 Å². The van der Waals surface area contributed by atoms with E-state index >= 15 is 0 Å². The Morgan fingerprint density at radius 1 is 0.676 bits per heavy atom. The molecule has 0 fully saturated rings. The molecule has 1 N–H and O–H groups in total. The Bertz CT molecular complexity index is 1770. The minimum absolute atomic E-state index is 0.130. The topological polar surface area (TPSA) is 50.1 Å². The Labute approximate surface area is 215 Å². The molecule has 6 aromatic rings. The van der Waals surface area contributed by atoms with Crippen LogP contribution in [0.25, 0.3) is 27.6 Å². The first kappa shape index (κ1) is 22.5. The summed E-state index contributed by atoms with van der Waals surface area (Å²) >= 11 is 0. The number of aliphatic imine (C=N–C) groups is 1. The van der Waals surface area contributed by atoms with Crippen LogP contribution < -0.4 is 5.56 Å². The molecule has 0 spiro atoms. The average molecular weight is 480 g/mol. The fraction of sp³-hybridized carbons (Fsp3) is 0.0303. The lowest BCUT2D eigenvalue weighted by molar-refractivity contribution is 0.835. The van der Waals surface area contributed by atoms with Crippen LogP contribution in [-0.4, -0.2) is 15.5 Å². The van der Waals surface area contributed by atoms with E-state index in [0.29, 0.717) is 11.3 Å². The van der Waals surface area contributed by atoms with E-state index in [1.165, 1.54) is 0 Å². The van der Waals surface area contributed by atoms with Crippen molar-refractivity contribution in [2.45, 2.75) is 6.92 Å². The van der Waals surface area contributed by atoms with E-state index in [4.69, 9.17) is 4.99 Å². The molecule has 0 atom stereocenters. The van der Waals surface area contributed by atoms with Crippen molar-refractivity contribution < 1.29 is 0 Å². The minimum Gasteiger partial charge on any atom is -0.295 e. The average Bonchev–Trinajstić information content (AvgIpc) is 3.26. The minimum atomic E-state index is -0.130. The molecule has 1 heterocycles. The highest BCUT2D eigenvalue weighted by Crippen LogP contribution is 2.28. The van der Waals surface area contributed by atoms with Crippen LogP contribution in [-0.2, 0) is 0 Å². The van der Waals surface area contributed by atoms with Crippen molar-refractivity contribution in [1.82, 2.24) is 9.78 Å². The Balaban J connectivity index is 1.56. The normalized spacial score (nSPS) is 11.6. The van der Waals surface area contributed by atoms with Gasteiger partial charge in [-0.25, -0.2) is 9.67 Å². The molecule has 0 saturated heterocycles. The van der Waals surface area contributed by atoms with E-state index in [0.717, 1.165) is 44.5 Å². The van der Waals surface area contributed by atoms with Crippen molar-refractivity contribution in [3.8, 4) is 16.8 Å². The number of aromatic amines is 1. The predicted octanol–water partition coefficient (Wildman–Crippen LogP) is 7.46. The van der Waals surface area contributed by atoms with Crippen molar-refractivity contribution >= 4 is 22.2 Å². The Hall–Kier alpha value is -4.96. The maximum absolute atomic E-state index is 13.8. The zero-order valence-corrected chi connectivity index (χ0v) is 20.4. The second-order valence-corrected chi connectivity index (χ2v) is 8.99. The molecule has 4 nitrogen and oxygen atoms in total. The predicted molar refractivity (Wildman–Crippen MR) is 152 cm³/mol. The molecular weight excluding hydrogens is 454 g/mol. The van der Waals surface area contributed by atoms with Gasteiger partial charge in [-0.3, -0.25) is 9.89 Å². The van der Waals surface area contributed by atoms with Gasteiger partial charge in [0.1, 0.15) is 0 Å². The van der Waals surface area contributed by atoms with Crippen LogP contribution in [0, 0.1) is 6.92 Å². The number of aryl methyl sites for hydroxylation is 1. The molecule has 0 amide bonds. The number of fused-ring (bicyclic) bond motifs is 1. The molecule has 0 unspecified atom stereocenters. The van der Waals surface area contributed by atoms with E-state index in [-0.39, 0.29) is 5.56 Å². The number of rotatable bonds is 5. The van der Waals surface area contributed by atoms with Crippen molar-refractivity contribution in [3.05, 3.63) is 155 Å². The lowest BCUT2D eigenvalue weighted by Gasteiger charge is -2.09. The van der Waals surface area contributed by atoms with Crippen LogP contribution in [0.4, 0.5) is 5.69 Å². The fourth-order valence-electron chi connectivity index (χ4n) is 4.73. The third kappa shape index (κ3) is 4.30. The summed E-state index contributed by atoms with van der Waals surface area (Å²) in [5, 5.41) is 5.41. The number of hydrogen-bond acceptors (Lipinski definition) is 2. The first-order valence-electron chi connectivity index (χ1n) is 12.3. The van der Waals surface area contributed by atoms with E-state index < -0.39 is 0 Å². The zero-order valence-electron chi connectivity index (χ0n) is 20.4. The summed E-state index contributed by atoms with van der Waals surface area (Å²) in [5.74, 6) is 0. The van der Waals surface area contributed by atoms with Gasteiger partial charge in [0.05, 0.1) is 22.6 Å². The van der Waals surface area contributed by atoms with Crippen LogP contribution in [0.1, 0.15) is 16.8 Å². The number of H-pyrrole nitrogens is 1. The van der Waals surface area contributed by atoms with Gasteiger partial charge in [-0.1, -0.05) is 109 Å². The largest absolute Gasteiger partial charge is 0.295 e. The van der Waals surface area contributed by atoms with Crippen LogP contribution in [0.2, 0.25) is 0 Å². The van der Waals surface area contributed by atoms with E-state index in [9.17, 15) is 4.79 Å². The number of para-hydroxylation sites is 1. The second-order valence-electron chi connectivity index (χ2n) is 8.99. The molecule has 0 bridgehead atoms. The van der Waals surface area contributed by atoms with Crippen LogP contribution in [0.15, 0.2) is 137 Å². The first-order valence-corrected chi connectivity index (χ1v) is 12.3. The van der Waals surface area contributed by atoms with Gasteiger partial charge in [0.25, 0.3) is 5.56 Å². The molecule has 4 heteroatoms. The maximum atomic E-state index is 13.8. The SMILES string of the molecule is Cc1[nH]n(-c2ccccc2)c(=O)c1C(=Nc1cccc2ccccc12)c1ccc(-c2ccccc2)cc1. The lowest BCUT2D eigenvalue weighted by atomic mass is 9.98. The number of nitrogens with zero attached hydrogens (tertiary/aromatic N) is 2. The molecule has 178 valence electrons. The number of nitrogens with one attached hydrogen (secondary N) is 1. The quantitative estimate of drug-likeness (QED) is 0.256. The highest BCUT2D eigenvalue weighted by Gasteiger charge is 2.20. The van der Waals surface area contributed by atoms with Gasteiger partial charge in [-0.05, 0) is 41.6 Å². The molecule has 5 aromatic carbocycles. The summed E-state index contributed by atoms with van der Waals surface area (Å²) in [6, 6.07) is 42.4. The molecule has 0 aliphatic carbocycles.